The molecular weight excluding hydrogens is 414 g/mol. The SMILES string of the molecule is N#Cc1c(NC(=O)C2CCN(S(=O)(=O)c3cccs3)CC2)sc2c1CCCC2. The van der Waals surface area contributed by atoms with Gasteiger partial charge in [0.1, 0.15) is 15.3 Å². The lowest BCUT2D eigenvalue weighted by Gasteiger charge is -2.30. The molecule has 1 fully saturated rings. The van der Waals surface area contributed by atoms with Crippen LogP contribution in [0, 0.1) is 17.2 Å². The first-order valence-corrected chi connectivity index (χ1v) is 12.5. The molecule has 9 heteroatoms. The topological polar surface area (TPSA) is 90.3 Å². The number of amides is 1. The van der Waals surface area contributed by atoms with Crippen LogP contribution < -0.4 is 5.32 Å². The third kappa shape index (κ3) is 3.62. The molecule has 1 saturated heterocycles. The van der Waals surface area contributed by atoms with Crippen molar-refractivity contribution >= 4 is 43.6 Å². The quantitative estimate of drug-likeness (QED) is 0.794. The fraction of sp³-hybridized carbons (Fsp3) is 0.474. The van der Waals surface area contributed by atoms with Gasteiger partial charge in [-0.05, 0) is 55.5 Å². The summed E-state index contributed by atoms with van der Waals surface area (Å²) in [6, 6.07) is 5.60. The standard InChI is InChI=1S/C19H21N3O3S3/c20-12-15-14-4-1-2-5-16(14)27-19(15)21-18(23)13-7-9-22(10-8-13)28(24,25)17-6-3-11-26-17/h3,6,11,13H,1-2,4-5,7-10H2,(H,21,23). The average molecular weight is 436 g/mol. The Kier molecular flexibility index (Phi) is 5.56. The summed E-state index contributed by atoms with van der Waals surface area (Å²) in [6.07, 6.45) is 5.08. The average Bonchev–Trinajstić information content (AvgIpc) is 3.36. The molecule has 2 aliphatic rings. The molecule has 1 amide bonds. The molecule has 4 rings (SSSR count). The fourth-order valence-corrected chi connectivity index (χ4v) is 7.74. The first-order valence-electron chi connectivity index (χ1n) is 9.40. The summed E-state index contributed by atoms with van der Waals surface area (Å²) in [4.78, 5) is 14.0. The maximum Gasteiger partial charge on any atom is 0.252 e. The summed E-state index contributed by atoms with van der Waals surface area (Å²) < 4.78 is 27.0. The zero-order chi connectivity index (χ0) is 19.7. The molecular formula is C19H21N3O3S3. The second-order valence-electron chi connectivity index (χ2n) is 7.13. The van der Waals surface area contributed by atoms with Crippen molar-refractivity contribution in [3.05, 3.63) is 33.5 Å². The Balaban J connectivity index is 1.41. The van der Waals surface area contributed by atoms with Crippen molar-refractivity contribution in [1.82, 2.24) is 4.31 Å². The van der Waals surface area contributed by atoms with Gasteiger partial charge >= 0.3 is 0 Å². The third-order valence-electron chi connectivity index (χ3n) is 5.43. The highest BCUT2D eigenvalue weighted by atomic mass is 32.2. The van der Waals surface area contributed by atoms with Crippen LogP contribution >= 0.6 is 22.7 Å². The first-order chi connectivity index (χ1) is 13.5. The fourth-order valence-electron chi connectivity index (χ4n) is 3.88. The molecule has 0 saturated carbocycles. The Hall–Kier alpha value is -1.73. The minimum atomic E-state index is -3.46. The number of nitrogens with one attached hydrogen (secondary N) is 1. The number of piperidine rings is 1. The lowest BCUT2D eigenvalue weighted by Crippen LogP contribution is -2.41. The van der Waals surface area contributed by atoms with Gasteiger partial charge in [-0.15, -0.1) is 22.7 Å². The van der Waals surface area contributed by atoms with E-state index in [0.29, 0.717) is 40.7 Å². The molecule has 3 heterocycles. The predicted molar refractivity (Wildman–Crippen MR) is 110 cm³/mol. The minimum Gasteiger partial charge on any atom is -0.316 e. The van der Waals surface area contributed by atoms with Gasteiger partial charge in [-0.3, -0.25) is 4.79 Å². The molecule has 1 N–H and O–H groups in total. The van der Waals surface area contributed by atoms with Crippen LogP contribution in [0.4, 0.5) is 5.00 Å². The molecule has 0 radical (unpaired) electrons. The number of carbonyl (C=O) groups is 1. The Morgan fingerprint density at radius 2 is 2.00 bits per heavy atom. The number of carbonyl (C=O) groups excluding carboxylic acids is 1. The molecule has 0 bridgehead atoms. The van der Waals surface area contributed by atoms with E-state index in [0.717, 1.165) is 31.2 Å². The highest BCUT2D eigenvalue weighted by Gasteiger charge is 2.33. The van der Waals surface area contributed by atoms with Gasteiger partial charge in [0, 0.05) is 23.9 Å². The number of rotatable bonds is 4. The third-order valence-corrected chi connectivity index (χ3v) is 9.91. The van der Waals surface area contributed by atoms with Gasteiger partial charge < -0.3 is 5.32 Å². The van der Waals surface area contributed by atoms with E-state index in [1.54, 1.807) is 17.5 Å². The van der Waals surface area contributed by atoms with Crippen LogP contribution in [-0.4, -0.2) is 31.7 Å². The van der Waals surface area contributed by atoms with Crippen LogP contribution in [-0.2, 0) is 27.7 Å². The van der Waals surface area contributed by atoms with Crippen LogP contribution in [0.1, 0.15) is 41.7 Å². The molecule has 2 aromatic rings. The van der Waals surface area contributed by atoms with Gasteiger partial charge in [0.15, 0.2) is 0 Å². The van der Waals surface area contributed by atoms with Crippen molar-refractivity contribution in [1.29, 1.82) is 5.26 Å². The molecule has 1 aliphatic carbocycles. The lowest BCUT2D eigenvalue weighted by atomic mass is 9.95. The van der Waals surface area contributed by atoms with Crippen molar-refractivity contribution in [3.63, 3.8) is 0 Å². The van der Waals surface area contributed by atoms with Crippen LogP contribution in [0.3, 0.4) is 0 Å². The molecule has 2 aromatic heterocycles. The summed E-state index contributed by atoms with van der Waals surface area (Å²) in [6.45, 7) is 0.675. The molecule has 1 aliphatic heterocycles. The molecule has 6 nitrogen and oxygen atoms in total. The second kappa shape index (κ2) is 7.95. The van der Waals surface area contributed by atoms with E-state index < -0.39 is 10.0 Å². The smallest absolute Gasteiger partial charge is 0.252 e. The molecule has 28 heavy (non-hydrogen) atoms. The number of hydrogen-bond acceptors (Lipinski definition) is 6. The summed E-state index contributed by atoms with van der Waals surface area (Å²) in [7, 11) is -3.46. The maximum atomic E-state index is 12.8. The number of fused-ring (bicyclic) bond motifs is 1. The zero-order valence-corrected chi connectivity index (χ0v) is 17.8. The van der Waals surface area contributed by atoms with Gasteiger partial charge in [-0.1, -0.05) is 6.07 Å². The molecule has 0 atom stereocenters. The Morgan fingerprint density at radius 1 is 1.25 bits per heavy atom. The van der Waals surface area contributed by atoms with Crippen LogP contribution in [0.15, 0.2) is 21.7 Å². The monoisotopic (exact) mass is 435 g/mol. The summed E-state index contributed by atoms with van der Waals surface area (Å²) in [5, 5.41) is 14.9. The Labute approximate surface area is 172 Å². The Morgan fingerprint density at radius 3 is 2.68 bits per heavy atom. The van der Waals surface area contributed by atoms with E-state index in [9.17, 15) is 18.5 Å². The molecule has 0 aromatic carbocycles. The van der Waals surface area contributed by atoms with Crippen molar-refractivity contribution in [2.75, 3.05) is 18.4 Å². The van der Waals surface area contributed by atoms with Gasteiger partial charge in [-0.2, -0.15) is 9.57 Å². The van der Waals surface area contributed by atoms with E-state index in [2.05, 4.69) is 11.4 Å². The van der Waals surface area contributed by atoms with Crippen LogP contribution in [0.2, 0.25) is 0 Å². The highest BCUT2D eigenvalue weighted by Crippen LogP contribution is 2.38. The Bertz CT molecular complexity index is 1010. The van der Waals surface area contributed by atoms with E-state index in [-0.39, 0.29) is 11.8 Å². The van der Waals surface area contributed by atoms with E-state index in [4.69, 9.17) is 0 Å². The number of anilines is 1. The van der Waals surface area contributed by atoms with E-state index in [1.165, 1.54) is 31.9 Å². The number of sulfonamides is 1. The van der Waals surface area contributed by atoms with Gasteiger partial charge in [0.05, 0.1) is 5.56 Å². The van der Waals surface area contributed by atoms with E-state index in [1.807, 2.05) is 0 Å². The number of thiophene rings is 2. The number of aryl methyl sites for hydroxylation is 1. The van der Waals surface area contributed by atoms with Gasteiger partial charge in [-0.25, -0.2) is 8.42 Å². The first kappa shape index (κ1) is 19.6. The zero-order valence-electron chi connectivity index (χ0n) is 15.3. The summed E-state index contributed by atoms with van der Waals surface area (Å²) >= 11 is 2.73. The predicted octanol–water partition coefficient (Wildman–Crippen LogP) is 3.60. The van der Waals surface area contributed by atoms with Crippen LogP contribution in [0.25, 0.3) is 0 Å². The highest BCUT2D eigenvalue weighted by molar-refractivity contribution is 7.91. The van der Waals surface area contributed by atoms with Gasteiger partial charge in [0.25, 0.3) is 10.0 Å². The number of nitriles is 1. The normalized spacial score (nSPS) is 18.4. The van der Waals surface area contributed by atoms with Crippen LogP contribution in [0.5, 0.6) is 0 Å². The second-order valence-corrected chi connectivity index (χ2v) is 11.3. The molecule has 0 unspecified atom stereocenters. The lowest BCUT2D eigenvalue weighted by molar-refractivity contribution is -0.120. The molecule has 0 spiro atoms. The minimum absolute atomic E-state index is 0.108. The number of nitrogens with zero attached hydrogens (tertiary/aromatic N) is 2. The summed E-state index contributed by atoms with van der Waals surface area (Å²) in [5.41, 5.74) is 1.72. The van der Waals surface area contributed by atoms with Crippen molar-refractivity contribution in [2.45, 2.75) is 42.7 Å². The van der Waals surface area contributed by atoms with Crippen molar-refractivity contribution < 1.29 is 13.2 Å². The largest absolute Gasteiger partial charge is 0.316 e. The van der Waals surface area contributed by atoms with Gasteiger partial charge in [0.2, 0.25) is 5.91 Å². The number of hydrogen-bond donors (Lipinski definition) is 1. The summed E-state index contributed by atoms with van der Waals surface area (Å²) in [5.74, 6) is -0.344. The maximum absolute atomic E-state index is 12.8. The van der Waals surface area contributed by atoms with Crippen molar-refractivity contribution in [2.24, 2.45) is 5.92 Å². The molecule has 148 valence electrons. The van der Waals surface area contributed by atoms with Crippen molar-refractivity contribution in [3.8, 4) is 6.07 Å². The van der Waals surface area contributed by atoms with E-state index >= 15 is 0 Å².